The van der Waals surface area contributed by atoms with E-state index >= 15 is 0 Å². The number of hydrogen-bond acceptors (Lipinski definition) is 5. The van der Waals surface area contributed by atoms with Crippen molar-refractivity contribution in [2.75, 3.05) is 5.32 Å². The molecule has 2 N–H and O–H groups in total. The summed E-state index contributed by atoms with van der Waals surface area (Å²) in [6.07, 6.45) is 1.57. The molecule has 1 aromatic carbocycles. The summed E-state index contributed by atoms with van der Waals surface area (Å²) < 4.78 is 41.9. The Morgan fingerprint density at radius 3 is 2.76 bits per heavy atom. The lowest BCUT2D eigenvalue weighted by Gasteiger charge is -2.31. The molecule has 1 amide bonds. The van der Waals surface area contributed by atoms with E-state index in [0.29, 0.717) is 33.7 Å². The molecule has 11 heteroatoms. The lowest BCUT2D eigenvalue weighted by molar-refractivity contribution is -0.140. The van der Waals surface area contributed by atoms with Crippen LogP contribution in [-0.2, 0) is 6.18 Å². The van der Waals surface area contributed by atoms with Gasteiger partial charge in [-0.15, -0.1) is 10.2 Å². The maximum absolute atomic E-state index is 13.4. The van der Waals surface area contributed by atoms with Crippen molar-refractivity contribution >= 4 is 39.7 Å². The molecule has 5 rings (SSSR count). The molecule has 3 aromatic heterocycles. The first-order chi connectivity index (χ1) is 16.3. The van der Waals surface area contributed by atoms with Gasteiger partial charge in [-0.2, -0.15) is 13.2 Å². The lowest BCUT2D eigenvalue weighted by atomic mass is 9.90. The predicted molar refractivity (Wildman–Crippen MR) is 122 cm³/mol. The summed E-state index contributed by atoms with van der Waals surface area (Å²) in [5, 5.41) is 15.0. The molecular formula is C23H20ClF3N6O. The summed E-state index contributed by atoms with van der Waals surface area (Å²) in [4.78, 5) is 16.5. The fraction of sp³-hybridized carbons (Fsp3) is 0.304. The quantitative estimate of drug-likeness (QED) is 0.417. The summed E-state index contributed by atoms with van der Waals surface area (Å²) in [5.41, 5.74) is 0.699. The molecule has 0 unspecified atom stereocenters. The molecular weight excluding hydrogens is 469 g/mol. The summed E-state index contributed by atoms with van der Waals surface area (Å²) in [7, 11) is 0. The van der Waals surface area contributed by atoms with Crippen molar-refractivity contribution < 1.29 is 18.0 Å². The standard InChI is InChI=1S/C23H20ClF3N6O/c24-14-5-6-18-17(8-14)19(10-20(31-18)23(25,26)27)29-15-2-1-3-16(9-15)30-22(34)13-4-7-21-32-28-12-33(21)11-13/h4-8,10-12,15-16H,1-3,9H2,(H,29,31)(H,30,34)/t15-,16+/m0/s1. The third-order valence-corrected chi connectivity index (χ3v) is 6.22. The number of aromatic nitrogens is 4. The second kappa shape index (κ2) is 8.75. The smallest absolute Gasteiger partial charge is 0.382 e. The molecule has 1 saturated carbocycles. The number of carbonyl (C=O) groups excluding carboxylic acids is 1. The van der Waals surface area contributed by atoms with E-state index in [2.05, 4.69) is 25.8 Å². The fourth-order valence-corrected chi connectivity index (χ4v) is 4.54. The highest BCUT2D eigenvalue weighted by Crippen LogP contribution is 2.35. The number of nitrogens with one attached hydrogen (secondary N) is 2. The molecule has 0 aliphatic heterocycles. The third-order valence-electron chi connectivity index (χ3n) is 5.98. The van der Waals surface area contributed by atoms with Crippen LogP contribution in [0.1, 0.15) is 41.7 Å². The van der Waals surface area contributed by atoms with E-state index in [-0.39, 0.29) is 23.5 Å². The van der Waals surface area contributed by atoms with Crippen molar-refractivity contribution in [3.8, 4) is 0 Å². The molecule has 176 valence electrons. The lowest BCUT2D eigenvalue weighted by Crippen LogP contribution is -2.41. The van der Waals surface area contributed by atoms with E-state index in [1.54, 1.807) is 28.8 Å². The Balaban J connectivity index is 1.34. The molecule has 7 nitrogen and oxygen atoms in total. The molecule has 34 heavy (non-hydrogen) atoms. The number of carbonyl (C=O) groups is 1. The van der Waals surface area contributed by atoms with Gasteiger partial charge in [-0.3, -0.25) is 9.20 Å². The van der Waals surface area contributed by atoms with Gasteiger partial charge in [0.1, 0.15) is 12.0 Å². The molecule has 0 bridgehead atoms. The predicted octanol–water partition coefficient (Wildman–Crippen LogP) is 5.10. The van der Waals surface area contributed by atoms with Crippen LogP contribution in [0, 0.1) is 0 Å². The summed E-state index contributed by atoms with van der Waals surface area (Å²) in [5.74, 6) is -0.221. The van der Waals surface area contributed by atoms with Crippen molar-refractivity contribution in [2.24, 2.45) is 0 Å². The van der Waals surface area contributed by atoms with Gasteiger partial charge in [-0.1, -0.05) is 11.6 Å². The SMILES string of the molecule is O=C(N[C@@H]1CCC[C@H](Nc2cc(C(F)(F)F)nc3ccc(Cl)cc23)C1)c1ccc2nncn2c1. The molecule has 2 atom stereocenters. The van der Waals surface area contributed by atoms with Gasteiger partial charge < -0.3 is 10.6 Å². The topological polar surface area (TPSA) is 84.2 Å². The molecule has 1 aliphatic carbocycles. The number of alkyl halides is 3. The van der Waals surface area contributed by atoms with Crippen LogP contribution in [0.25, 0.3) is 16.6 Å². The summed E-state index contributed by atoms with van der Waals surface area (Å²) >= 11 is 6.10. The molecule has 1 aliphatic rings. The highest BCUT2D eigenvalue weighted by atomic mass is 35.5. The van der Waals surface area contributed by atoms with Crippen molar-refractivity contribution in [3.05, 3.63) is 65.2 Å². The number of amides is 1. The third kappa shape index (κ3) is 4.63. The zero-order chi connectivity index (χ0) is 23.9. The van der Waals surface area contributed by atoms with Crippen molar-refractivity contribution in [1.82, 2.24) is 24.9 Å². The largest absolute Gasteiger partial charge is 0.433 e. The molecule has 0 saturated heterocycles. The molecule has 0 spiro atoms. The van der Waals surface area contributed by atoms with Crippen LogP contribution in [0.2, 0.25) is 5.02 Å². The minimum atomic E-state index is -4.57. The number of hydrogen-bond donors (Lipinski definition) is 2. The van der Waals surface area contributed by atoms with Gasteiger partial charge in [-0.25, -0.2) is 4.98 Å². The number of benzene rings is 1. The Morgan fingerprint density at radius 2 is 1.94 bits per heavy atom. The van der Waals surface area contributed by atoms with Crippen molar-refractivity contribution in [3.63, 3.8) is 0 Å². The average Bonchev–Trinajstić information content (AvgIpc) is 3.27. The average molecular weight is 489 g/mol. The van der Waals surface area contributed by atoms with Gasteiger partial charge in [0.2, 0.25) is 0 Å². The van der Waals surface area contributed by atoms with Gasteiger partial charge in [0.25, 0.3) is 5.91 Å². The van der Waals surface area contributed by atoms with Crippen LogP contribution in [0.4, 0.5) is 18.9 Å². The van der Waals surface area contributed by atoms with Crippen LogP contribution >= 0.6 is 11.6 Å². The van der Waals surface area contributed by atoms with E-state index < -0.39 is 11.9 Å². The maximum atomic E-state index is 13.4. The van der Waals surface area contributed by atoms with Crippen LogP contribution in [0.5, 0.6) is 0 Å². The Morgan fingerprint density at radius 1 is 1.12 bits per heavy atom. The van der Waals surface area contributed by atoms with E-state index in [0.717, 1.165) is 25.3 Å². The van der Waals surface area contributed by atoms with Crippen molar-refractivity contribution in [1.29, 1.82) is 0 Å². The minimum Gasteiger partial charge on any atom is -0.382 e. The second-order valence-corrected chi connectivity index (χ2v) is 8.84. The van der Waals surface area contributed by atoms with Crippen LogP contribution < -0.4 is 10.6 Å². The normalized spacial score (nSPS) is 18.8. The van der Waals surface area contributed by atoms with Gasteiger partial charge in [0, 0.05) is 34.4 Å². The maximum Gasteiger partial charge on any atom is 0.433 e. The van der Waals surface area contributed by atoms with Crippen LogP contribution in [-0.4, -0.2) is 37.6 Å². The number of rotatable bonds is 4. The fourth-order valence-electron chi connectivity index (χ4n) is 4.37. The van der Waals surface area contributed by atoms with Gasteiger partial charge in [0.05, 0.1) is 11.1 Å². The Bertz CT molecular complexity index is 1370. The number of pyridine rings is 2. The number of fused-ring (bicyclic) bond motifs is 2. The molecule has 3 heterocycles. The summed E-state index contributed by atoms with van der Waals surface area (Å²) in [6, 6.07) is 8.79. The highest BCUT2D eigenvalue weighted by molar-refractivity contribution is 6.31. The monoisotopic (exact) mass is 488 g/mol. The minimum absolute atomic E-state index is 0.117. The summed E-state index contributed by atoms with van der Waals surface area (Å²) in [6.45, 7) is 0. The zero-order valence-corrected chi connectivity index (χ0v) is 18.6. The first-order valence-corrected chi connectivity index (χ1v) is 11.2. The molecule has 1 fully saturated rings. The Hall–Kier alpha value is -3.40. The number of anilines is 1. The van der Waals surface area contributed by atoms with Gasteiger partial charge in [-0.05, 0) is 62.1 Å². The Labute approximate surface area is 197 Å². The first kappa shape index (κ1) is 22.4. The van der Waals surface area contributed by atoms with Gasteiger partial charge in [0.15, 0.2) is 5.65 Å². The van der Waals surface area contributed by atoms with E-state index in [1.807, 2.05) is 0 Å². The van der Waals surface area contributed by atoms with Gasteiger partial charge >= 0.3 is 6.18 Å². The number of nitrogens with zero attached hydrogens (tertiary/aromatic N) is 4. The van der Waals surface area contributed by atoms with E-state index in [1.165, 1.54) is 18.5 Å². The zero-order valence-electron chi connectivity index (χ0n) is 17.8. The van der Waals surface area contributed by atoms with Crippen molar-refractivity contribution in [2.45, 2.75) is 43.9 Å². The highest BCUT2D eigenvalue weighted by Gasteiger charge is 2.34. The second-order valence-electron chi connectivity index (χ2n) is 8.41. The van der Waals surface area contributed by atoms with E-state index in [9.17, 15) is 18.0 Å². The molecule has 4 aromatic rings. The van der Waals surface area contributed by atoms with E-state index in [4.69, 9.17) is 11.6 Å². The van der Waals surface area contributed by atoms with Crippen LogP contribution in [0.3, 0.4) is 0 Å². The van der Waals surface area contributed by atoms with Crippen LogP contribution in [0.15, 0.2) is 48.9 Å². The Kier molecular flexibility index (Phi) is 5.76. The molecule has 0 radical (unpaired) electrons. The number of halogens is 4. The first-order valence-electron chi connectivity index (χ1n) is 10.8.